The van der Waals surface area contributed by atoms with E-state index in [0.717, 1.165) is 5.56 Å². The molecular weight excluding hydrogens is 172 g/mol. The molecular formula is C9H10O2S. The fourth-order valence-corrected chi connectivity index (χ4v) is 1.09. The average molecular weight is 182 g/mol. The Morgan fingerprint density at radius 2 is 2.00 bits per heavy atom. The molecule has 0 amide bonds. The van der Waals surface area contributed by atoms with Gasteiger partial charge in [0.2, 0.25) is 0 Å². The van der Waals surface area contributed by atoms with Crippen molar-refractivity contribution in [3.05, 3.63) is 42.0 Å². The van der Waals surface area contributed by atoms with Gasteiger partial charge >= 0.3 is 0 Å². The predicted octanol–water partition coefficient (Wildman–Crippen LogP) is 1.92. The molecule has 64 valence electrons. The second kappa shape index (κ2) is 4.85. The molecule has 0 aliphatic carbocycles. The van der Waals surface area contributed by atoms with Gasteiger partial charge in [0.05, 0.1) is 5.75 Å². The van der Waals surface area contributed by atoms with Crippen molar-refractivity contribution < 1.29 is 8.76 Å². The van der Waals surface area contributed by atoms with Crippen molar-refractivity contribution in [2.45, 2.75) is 0 Å². The van der Waals surface area contributed by atoms with Crippen molar-refractivity contribution in [2.24, 2.45) is 0 Å². The van der Waals surface area contributed by atoms with Crippen LogP contribution in [0.15, 0.2) is 36.4 Å². The van der Waals surface area contributed by atoms with Gasteiger partial charge in [0, 0.05) is 0 Å². The fraction of sp³-hybridized carbons (Fsp3) is 0.111. The summed E-state index contributed by atoms with van der Waals surface area (Å²) in [4.78, 5) is 0. The first-order chi connectivity index (χ1) is 5.79. The van der Waals surface area contributed by atoms with Gasteiger partial charge in [-0.2, -0.15) is 0 Å². The van der Waals surface area contributed by atoms with Gasteiger partial charge in [0.1, 0.15) is 0 Å². The van der Waals surface area contributed by atoms with Gasteiger partial charge in [-0.05, 0) is 5.56 Å². The van der Waals surface area contributed by atoms with Crippen LogP contribution in [0.25, 0.3) is 6.08 Å². The van der Waals surface area contributed by atoms with Gasteiger partial charge in [-0.3, -0.25) is 0 Å². The van der Waals surface area contributed by atoms with Crippen molar-refractivity contribution in [3.8, 4) is 0 Å². The van der Waals surface area contributed by atoms with Gasteiger partial charge in [-0.1, -0.05) is 42.5 Å². The molecule has 0 bridgehead atoms. The summed E-state index contributed by atoms with van der Waals surface area (Å²) in [6, 6.07) is 9.67. The average Bonchev–Trinajstić information content (AvgIpc) is 2.05. The monoisotopic (exact) mass is 182 g/mol. The van der Waals surface area contributed by atoms with E-state index >= 15 is 0 Å². The van der Waals surface area contributed by atoms with E-state index in [4.69, 9.17) is 4.55 Å². The van der Waals surface area contributed by atoms with Gasteiger partial charge in [0.15, 0.2) is 11.1 Å². The van der Waals surface area contributed by atoms with E-state index in [9.17, 15) is 4.21 Å². The van der Waals surface area contributed by atoms with Crippen LogP contribution >= 0.6 is 0 Å². The zero-order chi connectivity index (χ0) is 8.81. The molecule has 0 fully saturated rings. The Morgan fingerprint density at radius 3 is 2.58 bits per heavy atom. The lowest BCUT2D eigenvalue weighted by atomic mass is 10.2. The Kier molecular flexibility index (Phi) is 3.70. The smallest absolute Gasteiger partial charge is 0.156 e. The van der Waals surface area contributed by atoms with Crippen molar-refractivity contribution in [1.29, 1.82) is 0 Å². The molecule has 0 radical (unpaired) electrons. The summed E-state index contributed by atoms with van der Waals surface area (Å²) in [5, 5.41) is 0. The molecule has 0 saturated heterocycles. The summed E-state index contributed by atoms with van der Waals surface area (Å²) in [5.74, 6) is 0.189. The van der Waals surface area contributed by atoms with Crippen LogP contribution in [-0.2, 0) is 11.1 Å². The third kappa shape index (κ3) is 3.46. The van der Waals surface area contributed by atoms with Crippen LogP contribution in [0.5, 0.6) is 0 Å². The Balaban J connectivity index is 2.52. The zero-order valence-corrected chi connectivity index (χ0v) is 7.33. The Morgan fingerprint density at radius 1 is 1.33 bits per heavy atom. The highest BCUT2D eigenvalue weighted by Gasteiger charge is 1.86. The molecule has 0 aromatic heterocycles. The van der Waals surface area contributed by atoms with Crippen molar-refractivity contribution in [2.75, 3.05) is 5.75 Å². The summed E-state index contributed by atoms with van der Waals surface area (Å²) in [7, 11) is 0. The fourth-order valence-electron chi connectivity index (χ4n) is 0.831. The molecule has 1 atom stereocenters. The minimum atomic E-state index is -1.73. The molecule has 1 aromatic rings. The lowest BCUT2D eigenvalue weighted by molar-refractivity contribution is 0.567. The molecule has 0 aliphatic heterocycles. The van der Waals surface area contributed by atoms with E-state index in [1.54, 1.807) is 6.08 Å². The van der Waals surface area contributed by atoms with Gasteiger partial charge in [-0.15, -0.1) is 0 Å². The third-order valence-corrected chi connectivity index (χ3v) is 1.83. The number of hydrogen-bond acceptors (Lipinski definition) is 1. The summed E-state index contributed by atoms with van der Waals surface area (Å²) in [5.41, 5.74) is 1.04. The maximum atomic E-state index is 10.2. The quantitative estimate of drug-likeness (QED) is 0.725. The SMILES string of the molecule is O=S(O)CC=Cc1ccccc1. The molecule has 2 nitrogen and oxygen atoms in total. The van der Waals surface area contributed by atoms with E-state index in [1.165, 1.54) is 0 Å². The zero-order valence-electron chi connectivity index (χ0n) is 6.51. The Labute approximate surface area is 74.2 Å². The summed E-state index contributed by atoms with van der Waals surface area (Å²) in [6.07, 6.45) is 3.51. The van der Waals surface area contributed by atoms with Crippen LogP contribution in [0.3, 0.4) is 0 Å². The van der Waals surface area contributed by atoms with Gasteiger partial charge < -0.3 is 4.55 Å². The van der Waals surface area contributed by atoms with Gasteiger partial charge in [-0.25, -0.2) is 4.21 Å². The highest BCUT2D eigenvalue weighted by Crippen LogP contribution is 2.00. The lowest BCUT2D eigenvalue weighted by Crippen LogP contribution is -1.88. The number of benzene rings is 1. The van der Waals surface area contributed by atoms with Crippen LogP contribution in [-0.4, -0.2) is 14.5 Å². The standard InChI is InChI=1S/C9H10O2S/c10-12(11)8-4-7-9-5-2-1-3-6-9/h1-7H,8H2,(H,10,11). The van der Waals surface area contributed by atoms with Crippen molar-refractivity contribution in [3.63, 3.8) is 0 Å². The van der Waals surface area contributed by atoms with E-state index in [1.807, 2.05) is 36.4 Å². The molecule has 12 heavy (non-hydrogen) atoms. The topological polar surface area (TPSA) is 37.3 Å². The minimum absolute atomic E-state index is 0.189. The van der Waals surface area contributed by atoms with E-state index in [0.29, 0.717) is 0 Å². The maximum absolute atomic E-state index is 10.2. The summed E-state index contributed by atoms with van der Waals surface area (Å²) >= 11 is -1.73. The second-order valence-corrected chi connectivity index (χ2v) is 3.28. The second-order valence-electron chi connectivity index (χ2n) is 2.30. The van der Waals surface area contributed by atoms with Gasteiger partial charge in [0.25, 0.3) is 0 Å². The molecule has 1 unspecified atom stereocenters. The Bertz CT molecular complexity index is 280. The van der Waals surface area contributed by atoms with E-state index in [2.05, 4.69) is 0 Å². The molecule has 3 heteroatoms. The normalized spacial score (nSPS) is 13.4. The van der Waals surface area contributed by atoms with Crippen LogP contribution in [0.4, 0.5) is 0 Å². The predicted molar refractivity (Wildman–Crippen MR) is 51.1 cm³/mol. The highest BCUT2D eigenvalue weighted by atomic mass is 32.2. The summed E-state index contributed by atoms with van der Waals surface area (Å²) < 4.78 is 18.7. The molecule has 0 heterocycles. The van der Waals surface area contributed by atoms with E-state index in [-0.39, 0.29) is 5.75 Å². The van der Waals surface area contributed by atoms with Crippen LogP contribution in [0, 0.1) is 0 Å². The molecule has 1 rings (SSSR count). The number of hydrogen-bond donors (Lipinski definition) is 1. The van der Waals surface area contributed by atoms with Crippen molar-refractivity contribution >= 4 is 17.2 Å². The number of rotatable bonds is 3. The largest absolute Gasteiger partial charge is 0.306 e. The van der Waals surface area contributed by atoms with Crippen molar-refractivity contribution in [1.82, 2.24) is 0 Å². The van der Waals surface area contributed by atoms with Crippen LogP contribution < -0.4 is 0 Å². The molecule has 0 saturated carbocycles. The lowest BCUT2D eigenvalue weighted by Gasteiger charge is -1.89. The summed E-state index contributed by atoms with van der Waals surface area (Å²) in [6.45, 7) is 0. The first-order valence-electron chi connectivity index (χ1n) is 3.58. The van der Waals surface area contributed by atoms with E-state index < -0.39 is 11.1 Å². The molecule has 1 N–H and O–H groups in total. The van der Waals surface area contributed by atoms with Crippen LogP contribution in [0.1, 0.15) is 5.56 Å². The first-order valence-corrected chi connectivity index (χ1v) is 4.85. The molecule has 0 spiro atoms. The third-order valence-electron chi connectivity index (χ3n) is 1.35. The first kappa shape index (κ1) is 9.16. The molecule has 1 aromatic carbocycles. The Hall–Kier alpha value is -0.930. The van der Waals surface area contributed by atoms with Crippen LogP contribution in [0.2, 0.25) is 0 Å². The minimum Gasteiger partial charge on any atom is -0.306 e. The highest BCUT2D eigenvalue weighted by molar-refractivity contribution is 7.79. The maximum Gasteiger partial charge on any atom is 0.156 e. The molecule has 0 aliphatic rings.